The van der Waals surface area contributed by atoms with E-state index in [0.29, 0.717) is 24.7 Å². The van der Waals surface area contributed by atoms with Gasteiger partial charge in [0.15, 0.2) is 11.5 Å². The highest BCUT2D eigenvalue weighted by Crippen LogP contribution is 2.28. The largest absolute Gasteiger partial charge is 0.490 e. The summed E-state index contributed by atoms with van der Waals surface area (Å²) in [6.07, 6.45) is 0.869. The third kappa shape index (κ3) is 7.40. The molecule has 1 N–H and O–H groups in total. The molecule has 0 atom stereocenters. The van der Waals surface area contributed by atoms with Crippen LogP contribution >= 0.6 is 23.4 Å². The van der Waals surface area contributed by atoms with Crippen LogP contribution in [0.15, 0.2) is 52.5 Å². The van der Waals surface area contributed by atoms with E-state index in [2.05, 4.69) is 15.3 Å². The monoisotopic (exact) mass is 408 g/mol. The zero-order chi connectivity index (χ0) is 19.5. The number of amides is 1. The van der Waals surface area contributed by atoms with E-state index in [9.17, 15) is 4.79 Å². The van der Waals surface area contributed by atoms with Gasteiger partial charge in [0, 0.05) is 15.7 Å². The van der Waals surface area contributed by atoms with E-state index in [1.165, 1.54) is 13.3 Å². The van der Waals surface area contributed by atoms with Crippen LogP contribution in [-0.4, -0.2) is 38.4 Å². The first-order chi connectivity index (χ1) is 13.1. The summed E-state index contributed by atoms with van der Waals surface area (Å²) in [5.41, 5.74) is 2.99. The molecule has 0 aliphatic rings. The van der Waals surface area contributed by atoms with E-state index < -0.39 is 6.09 Å². The molecule has 6 nitrogen and oxygen atoms in total. The topological polar surface area (TPSA) is 69.2 Å². The third-order valence-electron chi connectivity index (χ3n) is 3.25. The number of hydrogen-bond acceptors (Lipinski definition) is 6. The van der Waals surface area contributed by atoms with E-state index >= 15 is 0 Å². The maximum Gasteiger partial charge on any atom is 0.427 e. The molecule has 27 heavy (non-hydrogen) atoms. The Balaban J connectivity index is 1.90. The molecule has 0 aliphatic carbocycles. The molecule has 0 radical (unpaired) electrons. The number of rotatable bonds is 9. The first kappa shape index (κ1) is 20.9. The highest BCUT2D eigenvalue weighted by Gasteiger charge is 2.06. The Hall–Kier alpha value is -2.38. The Morgan fingerprint density at radius 2 is 1.96 bits per heavy atom. The van der Waals surface area contributed by atoms with Crippen molar-refractivity contribution in [2.75, 3.05) is 26.1 Å². The summed E-state index contributed by atoms with van der Waals surface area (Å²) >= 11 is 7.57. The van der Waals surface area contributed by atoms with Gasteiger partial charge in [0.1, 0.15) is 0 Å². The second-order valence-corrected chi connectivity index (χ2v) is 6.76. The van der Waals surface area contributed by atoms with Crippen molar-refractivity contribution in [1.29, 1.82) is 0 Å². The lowest BCUT2D eigenvalue weighted by Crippen LogP contribution is -2.16. The molecule has 0 heterocycles. The van der Waals surface area contributed by atoms with E-state index in [4.69, 9.17) is 21.1 Å². The lowest BCUT2D eigenvalue weighted by molar-refractivity contribution is 0.171. The Bertz CT molecular complexity index is 769. The van der Waals surface area contributed by atoms with Crippen LogP contribution in [0.3, 0.4) is 0 Å². The number of thioether (sulfide) groups is 1. The molecular weight excluding hydrogens is 388 g/mol. The predicted octanol–water partition coefficient (Wildman–Crippen LogP) is 4.60. The van der Waals surface area contributed by atoms with Crippen molar-refractivity contribution < 1.29 is 19.0 Å². The van der Waals surface area contributed by atoms with Crippen LogP contribution in [0.2, 0.25) is 5.02 Å². The zero-order valence-electron chi connectivity index (χ0n) is 15.1. The third-order valence-corrected chi connectivity index (χ3v) is 4.47. The molecule has 0 unspecified atom stereocenters. The number of benzene rings is 2. The number of carbonyl (C=O) groups excluding carboxylic acids is 1. The SMILES string of the molecule is CCOc1cc(/C=N/NC(=O)OC)ccc1OCCSc1ccc(Cl)cc1. The Morgan fingerprint density at radius 1 is 1.19 bits per heavy atom. The maximum atomic E-state index is 11.0. The van der Waals surface area contributed by atoms with Gasteiger partial charge in [0.25, 0.3) is 0 Å². The van der Waals surface area contributed by atoms with Crippen LogP contribution in [0.4, 0.5) is 4.79 Å². The maximum absolute atomic E-state index is 11.0. The zero-order valence-corrected chi connectivity index (χ0v) is 16.7. The normalized spacial score (nSPS) is 10.6. The number of methoxy groups -OCH3 is 1. The number of carbonyl (C=O) groups is 1. The van der Waals surface area contributed by atoms with Gasteiger partial charge >= 0.3 is 6.09 Å². The molecular formula is C19H21ClN2O4S. The molecule has 2 aromatic rings. The fourth-order valence-electron chi connectivity index (χ4n) is 2.04. The average Bonchev–Trinajstić information content (AvgIpc) is 2.68. The molecule has 0 saturated heterocycles. The van der Waals surface area contributed by atoms with Crippen LogP contribution in [0.5, 0.6) is 11.5 Å². The summed E-state index contributed by atoms with van der Waals surface area (Å²) in [4.78, 5) is 12.1. The molecule has 0 saturated carbocycles. The van der Waals surface area contributed by atoms with Gasteiger partial charge < -0.3 is 14.2 Å². The summed E-state index contributed by atoms with van der Waals surface area (Å²) in [6, 6.07) is 13.1. The fraction of sp³-hybridized carbons (Fsp3) is 0.263. The van der Waals surface area contributed by atoms with Crippen LogP contribution in [0.25, 0.3) is 0 Å². The van der Waals surface area contributed by atoms with E-state index in [1.54, 1.807) is 17.8 Å². The van der Waals surface area contributed by atoms with Crippen molar-refractivity contribution in [2.24, 2.45) is 5.10 Å². The van der Waals surface area contributed by atoms with Gasteiger partial charge in [-0.3, -0.25) is 0 Å². The standard InChI is InChI=1S/C19H21ClN2O4S/c1-3-25-18-12-14(13-21-22-19(23)24-2)4-9-17(18)26-10-11-27-16-7-5-15(20)6-8-16/h4-9,12-13H,3,10-11H2,1-2H3,(H,22,23)/b21-13+. The van der Waals surface area contributed by atoms with Gasteiger partial charge in [0.2, 0.25) is 0 Å². The molecule has 0 bridgehead atoms. The molecule has 1 amide bonds. The lowest BCUT2D eigenvalue weighted by atomic mass is 10.2. The molecule has 0 fully saturated rings. The van der Waals surface area contributed by atoms with E-state index in [-0.39, 0.29) is 0 Å². The highest BCUT2D eigenvalue weighted by atomic mass is 35.5. The average molecular weight is 409 g/mol. The molecule has 2 rings (SSSR count). The minimum atomic E-state index is -0.630. The number of halogens is 1. The van der Waals surface area contributed by atoms with Crippen molar-refractivity contribution in [2.45, 2.75) is 11.8 Å². The van der Waals surface area contributed by atoms with Crippen LogP contribution in [0, 0.1) is 0 Å². The number of nitrogens with one attached hydrogen (secondary N) is 1. The fourth-order valence-corrected chi connectivity index (χ4v) is 2.90. The minimum absolute atomic E-state index is 0.511. The molecule has 144 valence electrons. The van der Waals surface area contributed by atoms with Gasteiger partial charge in [-0.15, -0.1) is 11.8 Å². The van der Waals surface area contributed by atoms with E-state index in [0.717, 1.165) is 21.2 Å². The van der Waals surface area contributed by atoms with Crippen molar-refractivity contribution in [1.82, 2.24) is 5.43 Å². The first-order valence-corrected chi connectivity index (χ1v) is 9.63. The quantitative estimate of drug-likeness (QED) is 0.284. The number of hydrazone groups is 1. The minimum Gasteiger partial charge on any atom is -0.490 e. The first-order valence-electron chi connectivity index (χ1n) is 8.27. The predicted molar refractivity (Wildman–Crippen MR) is 108 cm³/mol. The second kappa shape index (κ2) is 11.4. The van der Waals surface area contributed by atoms with E-state index in [1.807, 2.05) is 43.3 Å². The second-order valence-electron chi connectivity index (χ2n) is 5.15. The van der Waals surface area contributed by atoms with Gasteiger partial charge in [-0.05, 0) is 55.0 Å². The molecule has 8 heteroatoms. The van der Waals surface area contributed by atoms with Gasteiger partial charge in [-0.25, -0.2) is 10.2 Å². The number of nitrogens with zero attached hydrogens (tertiary/aromatic N) is 1. The summed E-state index contributed by atoms with van der Waals surface area (Å²) in [5, 5.41) is 4.52. The van der Waals surface area contributed by atoms with Crippen LogP contribution in [0.1, 0.15) is 12.5 Å². The van der Waals surface area contributed by atoms with Crippen molar-refractivity contribution >= 4 is 35.7 Å². The van der Waals surface area contributed by atoms with Crippen LogP contribution in [-0.2, 0) is 4.74 Å². The summed E-state index contributed by atoms with van der Waals surface area (Å²) in [5.74, 6) is 2.07. The molecule has 0 aliphatic heterocycles. The van der Waals surface area contributed by atoms with Gasteiger partial charge in [0.05, 0.1) is 26.5 Å². The van der Waals surface area contributed by atoms with Crippen molar-refractivity contribution in [3.63, 3.8) is 0 Å². The summed E-state index contributed by atoms with van der Waals surface area (Å²) < 4.78 is 15.9. The summed E-state index contributed by atoms with van der Waals surface area (Å²) in [7, 11) is 1.27. The van der Waals surface area contributed by atoms with Crippen LogP contribution < -0.4 is 14.9 Å². The summed E-state index contributed by atoms with van der Waals surface area (Å²) in [6.45, 7) is 2.95. The number of hydrogen-bond donors (Lipinski definition) is 1. The molecule has 0 aromatic heterocycles. The number of ether oxygens (including phenoxy) is 3. The van der Waals surface area contributed by atoms with Crippen molar-refractivity contribution in [3.8, 4) is 11.5 Å². The Kier molecular flexibility index (Phi) is 8.80. The smallest absolute Gasteiger partial charge is 0.427 e. The highest BCUT2D eigenvalue weighted by molar-refractivity contribution is 7.99. The Morgan fingerprint density at radius 3 is 2.67 bits per heavy atom. The van der Waals surface area contributed by atoms with Gasteiger partial charge in [-0.2, -0.15) is 5.10 Å². The van der Waals surface area contributed by atoms with Crippen molar-refractivity contribution in [3.05, 3.63) is 53.1 Å². The molecule has 0 spiro atoms. The lowest BCUT2D eigenvalue weighted by Gasteiger charge is -2.12. The van der Waals surface area contributed by atoms with Gasteiger partial charge in [-0.1, -0.05) is 11.6 Å². The molecule has 2 aromatic carbocycles. The Labute approximate surface area is 167 Å².